The van der Waals surface area contributed by atoms with Gasteiger partial charge in [0.15, 0.2) is 0 Å². The topological polar surface area (TPSA) is 98.5 Å². The van der Waals surface area contributed by atoms with Gasteiger partial charge in [0.2, 0.25) is 12.3 Å². The van der Waals surface area contributed by atoms with Crippen molar-refractivity contribution < 1.29 is 27.4 Å². The Morgan fingerprint density at radius 3 is 2.50 bits per heavy atom. The molecule has 3 rings (SSSR count). The van der Waals surface area contributed by atoms with E-state index in [9.17, 15) is 13.2 Å². The molecule has 28 heavy (non-hydrogen) atoms. The summed E-state index contributed by atoms with van der Waals surface area (Å²) in [6.45, 7) is -0.0798. The number of hydrogen-bond donors (Lipinski definition) is 3. The number of pyridine rings is 1. The maximum Gasteiger partial charge on any atom is 0.573 e. The first-order valence-corrected chi connectivity index (χ1v) is 8.43. The molecule has 2 aromatic rings. The zero-order valence-electron chi connectivity index (χ0n) is 15.1. The molecule has 1 aliphatic carbocycles. The van der Waals surface area contributed by atoms with Gasteiger partial charge in [0.05, 0.1) is 5.56 Å². The molecule has 0 aliphatic heterocycles. The number of aromatic nitrogens is 1. The van der Waals surface area contributed by atoms with Crippen LogP contribution in [-0.4, -0.2) is 24.8 Å². The summed E-state index contributed by atoms with van der Waals surface area (Å²) in [5.41, 5.74) is 3.51. The molecule has 1 aromatic heterocycles. The number of amides is 1. The molecule has 1 amide bonds. The number of nitrogens with one attached hydrogen (secondary N) is 2. The lowest BCUT2D eigenvalue weighted by atomic mass is 10.1. The van der Waals surface area contributed by atoms with E-state index in [1.165, 1.54) is 12.1 Å². The molecule has 7 nitrogen and oxygen atoms in total. The van der Waals surface area contributed by atoms with Gasteiger partial charge in [-0.25, -0.2) is 10.8 Å². The molecule has 1 saturated carbocycles. The van der Waals surface area contributed by atoms with Crippen molar-refractivity contribution in [2.75, 3.05) is 12.4 Å². The first-order valence-electron chi connectivity index (χ1n) is 8.43. The number of hydrazine groups is 1. The predicted molar refractivity (Wildman–Crippen MR) is 96.6 cm³/mol. The summed E-state index contributed by atoms with van der Waals surface area (Å²) < 4.78 is 47.4. The lowest BCUT2D eigenvalue weighted by molar-refractivity contribution is -0.275. The van der Waals surface area contributed by atoms with Gasteiger partial charge in [0.1, 0.15) is 12.4 Å². The van der Waals surface area contributed by atoms with Crippen LogP contribution in [0.4, 0.5) is 18.9 Å². The molecule has 10 heteroatoms. The quantitative estimate of drug-likeness (QED) is 0.287. The highest BCUT2D eigenvalue weighted by atomic mass is 19.4. The number of halogens is 3. The molecule has 1 aliphatic rings. The van der Waals surface area contributed by atoms with Crippen molar-refractivity contribution in [2.24, 2.45) is 5.84 Å². The van der Waals surface area contributed by atoms with E-state index in [0.29, 0.717) is 23.9 Å². The van der Waals surface area contributed by atoms with Crippen molar-refractivity contribution in [3.05, 3.63) is 47.7 Å². The van der Waals surface area contributed by atoms with E-state index in [1.54, 1.807) is 24.6 Å². The van der Waals surface area contributed by atoms with E-state index in [0.717, 1.165) is 18.5 Å². The standard InChI is InChI=1S/C17H17F3N2O2.CH4N2O/c1-21-14-5-2-6-15(24-17(18,19)20)12(14)10-23-16-7-3-4-13(22-16)11-8-9-11;2-3-1-4/h2-7,11,21H,8-10H2,1H3;1H,2H2,(H,3,4). The second-order valence-electron chi connectivity index (χ2n) is 5.83. The van der Waals surface area contributed by atoms with Gasteiger partial charge in [-0.3, -0.25) is 10.2 Å². The van der Waals surface area contributed by atoms with Crippen molar-refractivity contribution >= 4 is 12.1 Å². The van der Waals surface area contributed by atoms with Crippen LogP contribution in [0.3, 0.4) is 0 Å². The van der Waals surface area contributed by atoms with Gasteiger partial charge in [0, 0.05) is 30.4 Å². The molecule has 0 atom stereocenters. The lowest BCUT2D eigenvalue weighted by Gasteiger charge is -2.17. The first-order chi connectivity index (χ1) is 13.4. The molecule has 1 fully saturated rings. The van der Waals surface area contributed by atoms with Gasteiger partial charge in [-0.1, -0.05) is 12.1 Å². The third kappa shape index (κ3) is 6.62. The van der Waals surface area contributed by atoms with Crippen LogP contribution < -0.4 is 26.1 Å². The minimum atomic E-state index is -4.76. The summed E-state index contributed by atoms with van der Waals surface area (Å²) in [5, 5.41) is 2.85. The molecular weight excluding hydrogens is 377 g/mol. The summed E-state index contributed by atoms with van der Waals surface area (Å²) in [4.78, 5) is 13.3. The number of rotatable bonds is 7. The maximum atomic E-state index is 12.6. The smallest absolute Gasteiger partial charge is 0.473 e. The van der Waals surface area contributed by atoms with Gasteiger partial charge in [-0.15, -0.1) is 13.2 Å². The van der Waals surface area contributed by atoms with Gasteiger partial charge in [-0.05, 0) is 31.0 Å². The molecular formula is C18H21F3N4O3. The fourth-order valence-electron chi connectivity index (χ4n) is 2.43. The Bertz CT molecular complexity index is 783. The van der Waals surface area contributed by atoms with Crippen LogP contribution in [0.2, 0.25) is 0 Å². The SMILES string of the molecule is CNc1cccc(OC(F)(F)F)c1COc1cccc(C2CC2)n1.NNC=O. The Morgan fingerprint density at radius 1 is 1.25 bits per heavy atom. The van der Waals surface area contributed by atoms with E-state index in [1.807, 2.05) is 12.1 Å². The van der Waals surface area contributed by atoms with Crippen molar-refractivity contribution in [2.45, 2.75) is 31.7 Å². The number of carbonyl (C=O) groups excluding carboxylic acids is 1. The first kappa shape index (κ1) is 21.3. The summed E-state index contributed by atoms with van der Waals surface area (Å²) in [6, 6.07) is 9.88. The Morgan fingerprint density at radius 2 is 1.93 bits per heavy atom. The van der Waals surface area contributed by atoms with Crippen LogP contribution in [-0.2, 0) is 11.4 Å². The van der Waals surface area contributed by atoms with Gasteiger partial charge in [0.25, 0.3) is 0 Å². The molecule has 0 unspecified atom stereocenters. The maximum absolute atomic E-state index is 12.6. The molecule has 0 spiro atoms. The lowest BCUT2D eigenvalue weighted by Crippen LogP contribution is -2.19. The second-order valence-corrected chi connectivity index (χ2v) is 5.83. The second kappa shape index (κ2) is 9.79. The van der Waals surface area contributed by atoms with Crippen LogP contribution >= 0.6 is 0 Å². The number of hydrogen-bond acceptors (Lipinski definition) is 6. The fraction of sp³-hybridized carbons (Fsp3) is 0.333. The van der Waals surface area contributed by atoms with E-state index in [-0.39, 0.29) is 17.9 Å². The molecule has 0 saturated heterocycles. The predicted octanol–water partition coefficient (Wildman–Crippen LogP) is 3.08. The van der Waals surface area contributed by atoms with E-state index in [4.69, 9.17) is 9.53 Å². The van der Waals surface area contributed by atoms with E-state index < -0.39 is 6.36 Å². The Labute approximate surface area is 160 Å². The number of carbonyl (C=O) groups is 1. The Hall–Kier alpha value is -3.01. The monoisotopic (exact) mass is 398 g/mol. The number of anilines is 1. The zero-order valence-corrected chi connectivity index (χ0v) is 15.1. The van der Waals surface area contributed by atoms with Gasteiger partial charge < -0.3 is 14.8 Å². The van der Waals surface area contributed by atoms with Gasteiger partial charge in [-0.2, -0.15) is 0 Å². The molecule has 0 bridgehead atoms. The highest BCUT2D eigenvalue weighted by molar-refractivity contribution is 5.57. The Kier molecular flexibility index (Phi) is 7.44. The molecule has 1 aromatic carbocycles. The van der Waals surface area contributed by atoms with Crippen molar-refractivity contribution in [3.63, 3.8) is 0 Å². The normalized spacial score (nSPS) is 13.0. The highest BCUT2D eigenvalue weighted by Crippen LogP contribution is 2.39. The number of alkyl halides is 3. The third-order valence-corrected chi connectivity index (χ3v) is 3.80. The van der Waals surface area contributed by atoms with Crippen LogP contribution in [0.1, 0.15) is 30.0 Å². The van der Waals surface area contributed by atoms with E-state index in [2.05, 4.69) is 20.9 Å². The van der Waals surface area contributed by atoms with Crippen LogP contribution in [0.25, 0.3) is 0 Å². The van der Waals surface area contributed by atoms with Crippen molar-refractivity contribution in [1.82, 2.24) is 10.4 Å². The number of benzene rings is 1. The molecule has 1 heterocycles. The molecule has 152 valence electrons. The largest absolute Gasteiger partial charge is 0.573 e. The minimum absolute atomic E-state index is 0.0798. The highest BCUT2D eigenvalue weighted by Gasteiger charge is 2.32. The van der Waals surface area contributed by atoms with Crippen LogP contribution in [0, 0.1) is 0 Å². The fourth-order valence-corrected chi connectivity index (χ4v) is 2.43. The minimum Gasteiger partial charge on any atom is -0.473 e. The Balaban J connectivity index is 0.000000640. The summed E-state index contributed by atoms with van der Waals surface area (Å²) in [6.07, 6.45) is -2.13. The van der Waals surface area contributed by atoms with E-state index >= 15 is 0 Å². The average molecular weight is 398 g/mol. The summed E-state index contributed by atoms with van der Waals surface area (Å²) >= 11 is 0. The van der Waals surface area contributed by atoms with Crippen molar-refractivity contribution in [3.8, 4) is 11.6 Å². The van der Waals surface area contributed by atoms with Crippen LogP contribution in [0.15, 0.2) is 36.4 Å². The number of ether oxygens (including phenoxy) is 2. The van der Waals surface area contributed by atoms with Gasteiger partial charge >= 0.3 is 6.36 Å². The summed E-state index contributed by atoms with van der Waals surface area (Å²) in [7, 11) is 1.63. The molecule has 4 N–H and O–H groups in total. The van der Waals surface area contributed by atoms with Crippen molar-refractivity contribution in [1.29, 1.82) is 0 Å². The average Bonchev–Trinajstić information content (AvgIpc) is 3.51. The van der Waals surface area contributed by atoms with Crippen LogP contribution in [0.5, 0.6) is 11.6 Å². The number of nitrogens with two attached hydrogens (primary N) is 1. The number of nitrogens with zero attached hydrogens (tertiary/aromatic N) is 1. The molecule has 0 radical (unpaired) electrons. The third-order valence-electron chi connectivity index (χ3n) is 3.80. The summed E-state index contributed by atoms with van der Waals surface area (Å²) in [5.74, 6) is 4.99. The zero-order chi connectivity index (χ0) is 20.6.